The largest absolute Gasteiger partial charge is 0.346 e. The van der Waals surface area contributed by atoms with Crippen molar-refractivity contribution in [2.45, 2.75) is 19.8 Å². The van der Waals surface area contributed by atoms with Crippen molar-refractivity contribution in [2.24, 2.45) is 4.99 Å². The molecule has 0 aliphatic carbocycles. The number of benzene rings is 2. The number of rotatable bonds is 2. The zero-order valence-corrected chi connectivity index (χ0v) is 15.6. The maximum absolute atomic E-state index is 12.3. The van der Waals surface area contributed by atoms with Crippen molar-refractivity contribution < 1.29 is 4.79 Å². The fourth-order valence-electron chi connectivity index (χ4n) is 3.31. The van der Waals surface area contributed by atoms with Crippen molar-refractivity contribution in [3.05, 3.63) is 70.5 Å². The van der Waals surface area contributed by atoms with Gasteiger partial charge in [0.1, 0.15) is 0 Å². The highest BCUT2D eigenvalue weighted by Gasteiger charge is 2.17. The lowest BCUT2D eigenvalue weighted by molar-refractivity contribution is 0.218. The van der Waals surface area contributed by atoms with Crippen molar-refractivity contribution in [1.82, 2.24) is 9.47 Å². The van der Waals surface area contributed by atoms with Gasteiger partial charge in [0.15, 0.2) is 4.80 Å². The molecule has 0 saturated carbocycles. The molecule has 1 aliphatic heterocycles. The summed E-state index contributed by atoms with van der Waals surface area (Å²) >= 11 is 1.48. The molecular formula is C21H21N3OS. The number of thiazole rings is 1. The number of carbonyl (C=O) groups is 1. The Labute approximate surface area is 157 Å². The van der Waals surface area contributed by atoms with Crippen LogP contribution in [-0.4, -0.2) is 28.6 Å². The van der Waals surface area contributed by atoms with Crippen LogP contribution in [0, 0.1) is 6.92 Å². The summed E-state index contributed by atoms with van der Waals surface area (Å²) in [7, 11) is 0. The lowest BCUT2D eigenvalue weighted by Crippen LogP contribution is -2.27. The van der Waals surface area contributed by atoms with Crippen LogP contribution in [0.4, 0.5) is 4.79 Å². The predicted molar refractivity (Wildman–Crippen MR) is 106 cm³/mol. The summed E-state index contributed by atoms with van der Waals surface area (Å²) in [6.45, 7) is 3.76. The van der Waals surface area contributed by atoms with Gasteiger partial charge in [-0.3, -0.25) is 4.57 Å². The van der Waals surface area contributed by atoms with E-state index in [4.69, 9.17) is 0 Å². The van der Waals surface area contributed by atoms with Crippen LogP contribution in [0.2, 0.25) is 0 Å². The van der Waals surface area contributed by atoms with Crippen LogP contribution < -0.4 is 4.80 Å². The second kappa shape index (κ2) is 7.30. The molecule has 0 atom stereocenters. The Morgan fingerprint density at radius 3 is 2.50 bits per heavy atom. The summed E-state index contributed by atoms with van der Waals surface area (Å²) < 4.78 is 1.97. The number of urea groups is 1. The van der Waals surface area contributed by atoms with E-state index in [1.807, 2.05) is 21.0 Å². The van der Waals surface area contributed by atoms with E-state index in [-0.39, 0.29) is 6.03 Å². The van der Waals surface area contributed by atoms with Gasteiger partial charge in [-0.05, 0) is 48.6 Å². The fraction of sp³-hybridized carbons (Fsp3) is 0.238. The minimum atomic E-state index is -0.129. The monoisotopic (exact) mass is 363 g/mol. The molecule has 0 unspecified atom stereocenters. The van der Waals surface area contributed by atoms with Gasteiger partial charge in [0.2, 0.25) is 0 Å². The lowest BCUT2D eigenvalue weighted by atomic mass is 10.0. The predicted octanol–water partition coefficient (Wildman–Crippen LogP) is 4.63. The molecule has 4 nitrogen and oxygen atoms in total. The first-order valence-electron chi connectivity index (χ1n) is 8.88. The maximum Gasteiger partial charge on any atom is 0.346 e. The molecule has 5 heteroatoms. The molecule has 1 saturated heterocycles. The molecule has 0 spiro atoms. The molecule has 1 aliphatic rings. The van der Waals surface area contributed by atoms with E-state index in [1.165, 1.54) is 28.0 Å². The van der Waals surface area contributed by atoms with Gasteiger partial charge >= 0.3 is 6.03 Å². The summed E-state index contributed by atoms with van der Waals surface area (Å²) in [5, 5.41) is 1.96. The topological polar surface area (TPSA) is 37.6 Å². The van der Waals surface area contributed by atoms with Crippen molar-refractivity contribution in [3.63, 3.8) is 0 Å². The van der Waals surface area contributed by atoms with Crippen LogP contribution in [0.5, 0.6) is 0 Å². The zero-order chi connectivity index (χ0) is 17.9. The van der Waals surface area contributed by atoms with Crippen molar-refractivity contribution in [3.8, 4) is 16.8 Å². The number of hydrogen-bond acceptors (Lipinski definition) is 2. The van der Waals surface area contributed by atoms with Crippen LogP contribution in [0.3, 0.4) is 0 Å². The molecule has 0 bridgehead atoms. The highest BCUT2D eigenvalue weighted by atomic mass is 32.1. The molecule has 2 heterocycles. The first-order valence-corrected chi connectivity index (χ1v) is 9.76. The smallest absolute Gasteiger partial charge is 0.323 e. The van der Waals surface area contributed by atoms with Crippen molar-refractivity contribution >= 4 is 17.4 Å². The Hall–Kier alpha value is -2.66. The first-order chi connectivity index (χ1) is 12.7. The quantitative estimate of drug-likeness (QED) is 0.654. The minimum absolute atomic E-state index is 0.129. The van der Waals surface area contributed by atoms with E-state index >= 15 is 0 Å². The second-order valence-electron chi connectivity index (χ2n) is 6.51. The SMILES string of the molecule is Cc1ccccc1-c1ccc(-n2ccs/c2=N\C(=O)N2CCCC2)cc1. The summed E-state index contributed by atoms with van der Waals surface area (Å²) in [4.78, 5) is 19.2. The molecule has 0 N–H and O–H groups in total. The standard InChI is InChI=1S/C21H21N3OS/c1-16-6-2-3-7-19(16)17-8-10-18(11-9-17)24-14-15-26-21(24)22-20(25)23-12-4-5-13-23/h2-3,6-11,14-15H,4-5,12-13H2,1H3/b22-21-. The van der Waals surface area contributed by atoms with Gasteiger partial charge in [-0.1, -0.05) is 36.4 Å². The first kappa shape index (κ1) is 16.8. The van der Waals surface area contributed by atoms with Crippen LogP contribution >= 0.6 is 11.3 Å². The third kappa shape index (κ3) is 3.35. The number of aryl methyl sites for hydroxylation is 1. The average molecular weight is 363 g/mol. The minimum Gasteiger partial charge on any atom is -0.323 e. The van der Waals surface area contributed by atoms with Gasteiger partial charge in [0.05, 0.1) is 0 Å². The molecular weight excluding hydrogens is 342 g/mol. The molecule has 2 aromatic carbocycles. The van der Waals surface area contributed by atoms with E-state index in [2.05, 4.69) is 60.4 Å². The second-order valence-corrected chi connectivity index (χ2v) is 7.38. The average Bonchev–Trinajstić information content (AvgIpc) is 3.34. The zero-order valence-electron chi connectivity index (χ0n) is 14.8. The Morgan fingerprint density at radius 1 is 1.04 bits per heavy atom. The molecule has 0 radical (unpaired) electrons. The van der Waals surface area contributed by atoms with Crippen LogP contribution in [0.25, 0.3) is 16.8 Å². The Balaban J connectivity index is 1.64. The Bertz CT molecular complexity index is 979. The number of nitrogens with zero attached hydrogens (tertiary/aromatic N) is 3. The lowest BCUT2D eigenvalue weighted by Gasteiger charge is -2.11. The fourth-order valence-corrected chi connectivity index (χ4v) is 4.02. The summed E-state index contributed by atoms with van der Waals surface area (Å²) in [6.07, 6.45) is 4.11. The number of aromatic nitrogens is 1. The molecule has 26 heavy (non-hydrogen) atoms. The van der Waals surface area contributed by atoms with Crippen molar-refractivity contribution in [1.29, 1.82) is 0 Å². The highest BCUT2D eigenvalue weighted by molar-refractivity contribution is 7.07. The summed E-state index contributed by atoms with van der Waals surface area (Å²) in [6, 6.07) is 16.6. The highest BCUT2D eigenvalue weighted by Crippen LogP contribution is 2.24. The third-order valence-corrected chi connectivity index (χ3v) is 5.52. The number of amides is 2. The normalized spacial score (nSPS) is 14.8. The van der Waals surface area contributed by atoms with Crippen LogP contribution in [0.15, 0.2) is 65.1 Å². The molecule has 2 amide bonds. The van der Waals surface area contributed by atoms with E-state index in [1.54, 1.807) is 0 Å². The number of carbonyl (C=O) groups excluding carboxylic acids is 1. The Kier molecular flexibility index (Phi) is 4.71. The molecule has 4 rings (SSSR count). The Morgan fingerprint density at radius 2 is 1.77 bits per heavy atom. The van der Waals surface area contributed by atoms with Gasteiger partial charge in [0, 0.05) is 30.4 Å². The number of hydrogen-bond donors (Lipinski definition) is 0. The van der Waals surface area contributed by atoms with Gasteiger partial charge in [0.25, 0.3) is 0 Å². The van der Waals surface area contributed by atoms with Crippen molar-refractivity contribution in [2.75, 3.05) is 13.1 Å². The van der Waals surface area contributed by atoms with E-state index in [9.17, 15) is 4.79 Å². The van der Waals surface area contributed by atoms with E-state index in [0.29, 0.717) is 4.80 Å². The maximum atomic E-state index is 12.3. The third-order valence-electron chi connectivity index (χ3n) is 4.76. The molecule has 1 fully saturated rings. The molecule has 132 valence electrons. The van der Waals surface area contributed by atoms with Gasteiger partial charge in [-0.25, -0.2) is 4.79 Å². The molecule has 1 aromatic heterocycles. The van der Waals surface area contributed by atoms with Gasteiger partial charge in [-0.2, -0.15) is 4.99 Å². The van der Waals surface area contributed by atoms with Crippen LogP contribution in [0.1, 0.15) is 18.4 Å². The van der Waals surface area contributed by atoms with E-state index < -0.39 is 0 Å². The summed E-state index contributed by atoms with van der Waals surface area (Å²) in [5.41, 5.74) is 4.70. The van der Waals surface area contributed by atoms with Gasteiger partial charge in [-0.15, -0.1) is 11.3 Å². The molecule has 3 aromatic rings. The van der Waals surface area contributed by atoms with Gasteiger partial charge < -0.3 is 4.90 Å². The number of likely N-dealkylation sites (tertiary alicyclic amines) is 1. The van der Waals surface area contributed by atoms with Crippen LogP contribution in [-0.2, 0) is 0 Å². The summed E-state index contributed by atoms with van der Waals surface area (Å²) in [5.74, 6) is 0. The van der Waals surface area contributed by atoms with E-state index in [0.717, 1.165) is 31.6 Å².